The molecule has 14 heavy (non-hydrogen) atoms. The first-order valence-corrected chi connectivity index (χ1v) is 5.60. The molecule has 1 saturated heterocycles. The highest BCUT2D eigenvalue weighted by Gasteiger charge is 2.26. The van der Waals surface area contributed by atoms with Gasteiger partial charge in [0, 0.05) is 12.1 Å². The topological polar surface area (TPSA) is 41.1 Å². The SMILES string of the molecule is CCC(C)(C)NC1CCCCNC1=O. The Bertz CT molecular complexity index is 201. The van der Waals surface area contributed by atoms with Gasteiger partial charge in [0.1, 0.15) is 0 Å². The molecule has 1 aliphatic heterocycles. The number of rotatable bonds is 3. The summed E-state index contributed by atoms with van der Waals surface area (Å²) in [7, 11) is 0. The van der Waals surface area contributed by atoms with Gasteiger partial charge in [-0.1, -0.05) is 6.92 Å². The van der Waals surface area contributed by atoms with Gasteiger partial charge in [-0.25, -0.2) is 0 Å². The van der Waals surface area contributed by atoms with Gasteiger partial charge in [-0.15, -0.1) is 0 Å². The van der Waals surface area contributed by atoms with Gasteiger partial charge in [0.25, 0.3) is 0 Å². The number of hydrogen-bond acceptors (Lipinski definition) is 2. The third kappa shape index (κ3) is 3.29. The van der Waals surface area contributed by atoms with Crippen molar-refractivity contribution in [3.05, 3.63) is 0 Å². The Kier molecular flexibility index (Phi) is 3.93. The van der Waals surface area contributed by atoms with E-state index >= 15 is 0 Å². The summed E-state index contributed by atoms with van der Waals surface area (Å²) in [5.74, 6) is 0.170. The second-order valence-electron chi connectivity index (χ2n) is 4.72. The lowest BCUT2D eigenvalue weighted by Crippen LogP contribution is -2.51. The van der Waals surface area contributed by atoms with Crippen molar-refractivity contribution in [1.29, 1.82) is 0 Å². The number of nitrogens with one attached hydrogen (secondary N) is 2. The zero-order valence-electron chi connectivity index (χ0n) is 9.52. The van der Waals surface area contributed by atoms with E-state index in [-0.39, 0.29) is 17.5 Å². The van der Waals surface area contributed by atoms with Crippen LogP contribution in [0.5, 0.6) is 0 Å². The van der Waals surface area contributed by atoms with Gasteiger partial charge in [-0.2, -0.15) is 0 Å². The number of carbonyl (C=O) groups is 1. The van der Waals surface area contributed by atoms with Crippen molar-refractivity contribution >= 4 is 5.91 Å². The van der Waals surface area contributed by atoms with Crippen molar-refractivity contribution in [3.8, 4) is 0 Å². The molecule has 1 fully saturated rings. The fourth-order valence-electron chi connectivity index (χ4n) is 1.65. The van der Waals surface area contributed by atoms with Gasteiger partial charge in [-0.05, 0) is 39.5 Å². The highest BCUT2D eigenvalue weighted by molar-refractivity contribution is 5.82. The molecule has 1 rings (SSSR count). The lowest BCUT2D eigenvalue weighted by atomic mass is 9.99. The van der Waals surface area contributed by atoms with E-state index in [1.54, 1.807) is 0 Å². The molecule has 0 radical (unpaired) electrons. The Morgan fingerprint density at radius 3 is 2.86 bits per heavy atom. The van der Waals surface area contributed by atoms with E-state index in [1.165, 1.54) is 0 Å². The number of hydrogen-bond donors (Lipinski definition) is 2. The summed E-state index contributed by atoms with van der Waals surface area (Å²) >= 11 is 0. The average molecular weight is 198 g/mol. The summed E-state index contributed by atoms with van der Waals surface area (Å²) in [6.45, 7) is 7.27. The van der Waals surface area contributed by atoms with Crippen LogP contribution < -0.4 is 10.6 Å². The van der Waals surface area contributed by atoms with Crippen molar-refractivity contribution in [2.45, 2.75) is 58.0 Å². The monoisotopic (exact) mass is 198 g/mol. The molecule has 1 aliphatic rings. The summed E-state index contributed by atoms with van der Waals surface area (Å²) in [6.07, 6.45) is 4.25. The van der Waals surface area contributed by atoms with Crippen LogP contribution >= 0.6 is 0 Å². The minimum atomic E-state index is 0.00690. The van der Waals surface area contributed by atoms with E-state index in [1.807, 2.05) is 0 Å². The second-order valence-corrected chi connectivity index (χ2v) is 4.72. The van der Waals surface area contributed by atoms with Gasteiger partial charge in [-0.3, -0.25) is 4.79 Å². The van der Waals surface area contributed by atoms with E-state index in [9.17, 15) is 4.79 Å². The summed E-state index contributed by atoms with van der Waals surface area (Å²) in [5, 5.41) is 6.36. The highest BCUT2D eigenvalue weighted by atomic mass is 16.2. The summed E-state index contributed by atoms with van der Waals surface area (Å²) in [4.78, 5) is 11.6. The molecule has 1 unspecified atom stereocenters. The molecule has 1 amide bonds. The molecule has 0 spiro atoms. The molecule has 0 saturated carbocycles. The first-order chi connectivity index (χ1) is 6.55. The zero-order valence-corrected chi connectivity index (χ0v) is 9.52. The van der Waals surface area contributed by atoms with Crippen LogP contribution in [0.25, 0.3) is 0 Å². The lowest BCUT2D eigenvalue weighted by molar-refractivity contribution is -0.123. The standard InChI is InChI=1S/C11H22N2O/c1-4-11(2,3)13-9-7-5-6-8-12-10(9)14/h9,13H,4-8H2,1-3H3,(H,12,14). The Hall–Kier alpha value is -0.570. The molecular formula is C11H22N2O. The van der Waals surface area contributed by atoms with Crippen LogP contribution in [0.2, 0.25) is 0 Å². The smallest absolute Gasteiger partial charge is 0.237 e. The van der Waals surface area contributed by atoms with Crippen LogP contribution in [0, 0.1) is 0 Å². The van der Waals surface area contributed by atoms with Crippen molar-refractivity contribution in [1.82, 2.24) is 10.6 Å². The maximum absolute atomic E-state index is 11.6. The van der Waals surface area contributed by atoms with E-state index < -0.39 is 0 Å². The third-order valence-electron chi connectivity index (χ3n) is 2.98. The molecule has 1 heterocycles. The summed E-state index contributed by atoms with van der Waals surface area (Å²) in [6, 6.07) is 0.00690. The molecule has 0 aromatic rings. The molecule has 0 aromatic carbocycles. The van der Waals surface area contributed by atoms with Crippen LogP contribution in [0.1, 0.15) is 46.5 Å². The molecular weight excluding hydrogens is 176 g/mol. The van der Waals surface area contributed by atoms with Crippen molar-refractivity contribution in [2.75, 3.05) is 6.54 Å². The average Bonchev–Trinajstić information content (AvgIpc) is 2.32. The van der Waals surface area contributed by atoms with Crippen LogP contribution in [0.4, 0.5) is 0 Å². The van der Waals surface area contributed by atoms with E-state index in [4.69, 9.17) is 0 Å². The first-order valence-electron chi connectivity index (χ1n) is 5.60. The van der Waals surface area contributed by atoms with Crippen LogP contribution in [0.15, 0.2) is 0 Å². The Balaban J connectivity index is 2.52. The van der Waals surface area contributed by atoms with Crippen LogP contribution in [-0.2, 0) is 4.79 Å². The molecule has 0 aromatic heterocycles. The predicted octanol–water partition coefficient (Wildman–Crippen LogP) is 1.43. The fourth-order valence-corrected chi connectivity index (χ4v) is 1.65. The van der Waals surface area contributed by atoms with Crippen LogP contribution in [-0.4, -0.2) is 24.0 Å². The number of carbonyl (C=O) groups excluding carboxylic acids is 1. The summed E-state index contributed by atoms with van der Waals surface area (Å²) < 4.78 is 0. The maximum atomic E-state index is 11.6. The zero-order chi connectivity index (χ0) is 10.6. The molecule has 82 valence electrons. The van der Waals surface area contributed by atoms with Crippen LogP contribution in [0.3, 0.4) is 0 Å². The maximum Gasteiger partial charge on any atom is 0.237 e. The molecule has 0 bridgehead atoms. The Morgan fingerprint density at radius 1 is 1.50 bits per heavy atom. The van der Waals surface area contributed by atoms with E-state index in [2.05, 4.69) is 31.4 Å². The minimum absolute atomic E-state index is 0.00690. The van der Waals surface area contributed by atoms with Gasteiger partial charge in [0.2, 0.25) is 5.91 Å². The highest BCUT2D eigenvalue weighted by Crippen LogP contribution is 2.13. The molecule has 3 nitrogen and oxygen atoms in total. The minimum Gasteiger partial charge on any atom is -0.355 e. The van der Waals surface area contributed by atoms with Gasteiger partial charge < -0.3 is 10.6 Å². The molecule has 2 N–H and O–H groups in total. The second kappa shape index (κ2) is 4.78. The molecule has 3 heteroatoms. The molecule has 0 aliphatic carbocycles. The third-order valence-corrected chi connectivity index (χ3v) is 2.98. The van der Waals surface area contributed by atoms with Crippen molar-refractivity contribution in [3.63, 3.8) is 0 Å². The van der Waals surface area contributed by atoms with Gasteiger partial charge in [0.05, 0.1) is 6.04 Å². The Labute approximate surface area is 86.6 Å². The van der Waals surface area contributed by atoms with Crippen molar-refractivity contribution in [2.24, 2.45) is 0 Å². The fraction of sp³-hybridized carbons (Fsp3) is 0.909. The number of amides is 1. The van der Waals surface area contributed by atoms with Gasteiger partial charge in [0.15, 0.2) is 0 Å². The Morgan fingerprint density at radius 2 is 2.21 bits per heavy atom. The predicted molar refractivity (Wildman–Crippen MR) is 58.2 cm³/mol. The largest absolute Gasteiger partial charge is 0.355 e. The lowest BCUT2D eigenvalue weighted by Gasteiger charge is -2.29. The normalized spacial score (nSPS) is 24.2. The van der Waals surface area contributed by atoms with Crippen molar-refractivity contribution < 1.29 is 4.79 Å². The van der Waals surface area contributed by atoms with Gasteiger partial charge >= 0.3 is 0 Å². The first kappa shape index (κ1) is 11.5. The quantitative estimate of drug-likeness (QED) is 0.720. The van der Waals surface area contributed by atoms with E-state index in [0.29, 0.717) is 0 Å². The molecule has 1 atom stereocenters. The summed E-state index contributed by atoms with van der Waals surface area (Å²) in [5.41, 5.74) is 0.0619. The van der Waals surface area contributed by atoms with E-state index in [0.717, 1.165) is 32.2 Å².